The molecule has 1 aromatic heterocycles. The van der Waals surface area contributed by atoms with Crippen LogP contribution in [0.1, 0.15) is 53.6 Å². The molecule has 2 heterocycles. The lowest BCUT2D eigenvalue weighted by molar-refractivity contribution is -0.109. The van der Waals surface area contributed by atoms with Crippen molar-refractivity contribution in [3.8, 4) is 0 Å². The highest BCUT2D eigenvalue weighted by atomic mass is 32.2. The summed E-state index contributed by atoms with van der Waals surface area (Å²) >= 11 is 1.85. The summed E-state index contributed by atoms with van der Waals surface area (Å²) in [5.74, 6) is 0.508. The Hall–Kier alpha value is -0.990. The molecule has 24 heavy (non-hydrogen) atoms. The molecule has 0 unspecified atom stereocenters. The highest BCUT2D eigenvalue weighted by Crippen LogP contribution is 2.35. The molecule has 1 amide bonds. The SMILES string of the molecule is O=CNCCCS(=O)(=O)N1CCC(c2nc3c(s2)CCCC3)CC1. The normalized spacial score (nSPS) is 19.8. The molecule has 0 spiro atoms. The molecule has 1 aromatic rings. The van der Waals surface area contributed by atoms with E-state index in [9.17, 15) is 13.2 Å². The van der Waals surface area contributed by atoms with E-state index in [0.717, 1.165) is 25.7 Å². The van der Waals surface area contributed by atoms with Gasteiger partial charge in [-0.3, -0.25) is 4.79 Å². The van der Waals surface area contributed by atoms with Crippen LogP contribution in [0, 0.1) is 0 Å². The molecule has 3 rings (SSSR count). The standard InChI is InChI=1S/C16H25N3O3S2/c20-12-17-8-3-11-24(21,22)19-9-6-13(7-10-19)16-18-14-4-1-2-5-15(14)23-16/h12-13H,1-11H2,(H,17,20). The van der Waals surface area contributed by atoms with Gasteiger partial charge in [0.25, 0.3) is 0 Å². The third-order valence-corrected chi connectivity index (χ3v) is 8.14. The number of hydrogen-bond donors (Lipinski definition) is 1. The highest BCUT2D eigenvalue weighted by Gasteiger charge is 2.30. The van der Waals surface area contributed by atoms with Gasteiger partial charge in [0, 0.05) is 30.4 Å². The Bertz CT molecular complexity index is 641. The number of carbonyl (C=O) groups excluding carboxylic acids is 1. The number of aryl methyl sites for hydroxylation is 2. The van der Waals surface area contributed by atoms with Crippen molar-refractivity contribution < 1.29 is 13.2 Å². The smallest absolute Gasteiger partial charge is 0.214 e. The summed E-state index contributed by atoms with van der Waals surface area (Å²) < 4.78 is 26.3. The van der Waals surface area contributed by atoms with E-state index in [1.165, 1.54) is 28.4 Å². The van der Waals surface area contributed by atoms with Crippen LogP contribution in [0.15, 0.2) is 0 Å². The van der Waals surface area contributed by atoms with Crippen LogP contribution in [0.4, 0.5) is 0 Å². The molecule has 1 aliphatic heterocycles. The average Bonchev–Trinajstić information content (AvgIpc) is 3.03. The Balaban J connectivity index is 1.53. The van der Waals surface area contributed by atoms with E-state index in [-0.39, 0.29) is 5.75 Å². The quantitative estimate of drug-likeness (QED) is 0.584. The lowest BCUT2D eigenvalue weighted by Crippen LogP contribution is -2.39. The second kappa shape index (κ2) is 7.93. The van der Waals surface area contributed by atoms with E-state index in [1.54, 1.807) is 4.31 Å². The lowest BCUT2D eigenvalue weighted by Gasteiger charge is -2.30. The van der Waals surface area contributed by atoms with Gasteiger partial charge in [-0.2, -0.15) is 0 Å². The maximum Gasteiger partial charge on any atom is 0.214 e. The van der Waals surface area contributed by atoms with Gasteiger partial charge in [-0.1, -0.05) is 0 Å². The Morgan fingerprint density at radius 1 is 1.25 bits per heavy atom. The Labute approximate surface area is 147 Å². The summed E-state index contributed by atoms with van der Waals surface area (Å²) in [6, 6.07) is 0. The molecule has 1 aliphatic carbocycles. The molecule has 2 aliphatic rings. The van der Waals surface area contributed by atoms with Gasteiger partial charge >= 0.3 is 0 Å². The van der Waals surface area contributed by atoms with E-state index in [1.807, 2.05) is 11.3 Å². The lowest BCUT2D eigenvalue weighted by atomic mass is 9.99. The third-order valence-electron chi connectivity index (χ3n) is 4.87. The summed E-state index contributed by atoms with van der Waals surface area (Å²) in [7, 11) is -3.21. The fourth-order valence-corrected chi connectivity index (χ4v) is 6.33. The van der Waals surface area contributed by atoms with Crippen LogP contribution >= 0.6 is 11.3 Å². The topological polar surface area (TPSA) is 79.4 Å². The van der Waals surface area contributed by atoms with Crippen molar-refractivity contribution in [1.29, 1.82) is 0 Å². The maximum atomic E-state index is 12.3. The van der Waals surface area contributed by atoms with E-state index in [4.69, 9.17) is 4.98 Å². The minimum atomic E-state index is -3.21. The molecule has 0 atom stereocenters. The molecule has 8 heteroatoms. The number of hydrogen-bond acceptors (Lipinski definition) is 5. The van der Waals surface area contributed by atoms with E-state index >= 15 is 0 Å². The van der Waals surface area contributed by atoms with Gasteiger partial charge in [-0.05, 0) is 44.9 Å². The minimum Gasteiger partial charge on any atom is -0.359 e. The maximum absolute atomic E-state index is 12.3. The highest BCUT2D eigenvalue weighted by molar-refractivity contribution is 7.89. The van der Waals surface area contributed by atoms with Crippen molar-refractivity contribution in [3.05, 3.63) is 15.6 Å². The zero-order valence-corrected chi connectivity index (χ0v) is 15.5. The predicted molar refractivity (Wildman–Crippen MR) is 94.8 cm³/mol. The molecule has 134 valence electrons. The second-order valence-corrected chi connectivity index (χ2v) is 9.75. The van der Waals surface area contributed by atoms with Gasteiger partial charge < -0.3 is 5.32 Å². The van der Waals surface area contributed by atoms with Crippen molar-refractivity contribution in [2.24, 2.45) is 0 Å². The van der Waals surface area contributed by atoms with Gasteiger partial charge in [-0.25, -0.2) is 17.7 Å². The van der Waals surface area contributed by atoms with Crippen molar-refractivity contribution in [1.82, 2.24) is 14.6 Å². The van der Waals surface area contributed by atoms with Crippen LogP contribution in [-0.2, 0) is 27.7 Å². The fourth-order valence-electron chi connectivity index (χ4n) is 3.47. The van der Waals surface area contributed by atoms with Gasteiger partial charge in [0.05, 0.1) is 16.5 Å². The van der Waals surface area contributed by atoms with Crippen molar-refractivity contribution in [2.45, 2.75) is 50.9 Å². The van der Waals surface area contributed by atoms with Crippen LogP contribution in [0.5, 0.6) is 0 Å². The van der Waals surface area contributed by atoms with Crippen LogP contribution < -0.4 is 5.32 Å². The number of nitrogens with one attached hydrogen (secondary N) is 1. The molecule has 1 saturated heterocycles. The first-order chi connectivity index (χ1) is 11.6. The summed E-state index contributed by atoms with van der Waals surface area (Å²) in [6.45, 7) is 1.57. The molecule has 6 nitrogen and oxygen atoms in total. The molecular formula is C16H25N3O3S2. The number of nitrogens with zero attached hydrogens (tertiary/aromatic N) is 2. The summed E-state index contributed by atoms with van der Waals surface area (Å²) in [4.78, 5) is 16.5. The summed E-state index contributed by atoms with van der Waals surface area (Å²) in [5.41, 5.74) is 1.29. The largest absolute Gasteiger partial charge is 0.359 e. The van der Waals surface area contributed by atoms with Crippen molar-refractivity contribution in [2.75, 3.05) is 25.4 Å². The molecular weight excluding hydrogens is 346 g/mol. The van der Waals surface area contributed by atoms with Crippen LogP contribution in [-0.4, -0.2) is 49.5 Å². The Kier molecular flexibility index (Phi) is 5.89. The number of thiazole rings is 1. The van der Waals surface area contributed by atoms with Crippen molar-refractivity contribution in [3.63, 3.8) is 0 Å². The van der Waals surface area contributed by atoms with E-state index in [0.29, 0.717) is 38.4 Å². The van der Waals surface area contributed by atoms with Gasteiger partial charge in [0.1, 0.15) is 0 Å². The van der Waals surface area contributed by atoms with Crippen LogP contribution in [0.2, 0.25) is 0 Å². The van der Waals surface area contributed by atoms with E-state index < -0.39 is 10.0 Å². The number of aromatic nitrogens is 1. The summed E-state index contributed by atoms with van der Waals surface area (Å²) in [5, 5.41) is 3.72. The Morgan fingerprint density at radius 2 is 2.00 bits per heavy atom. The summed E-state index contributed by atoms with van der Waals surface area (Å²) in [6.07, 6.45) is 7.56. The number of rotatable bonds is 7. The first-order valence-corrected chi connectivity index (χ1v) is 11.2. The molecule has 0 radical (unpaired) electrons. The molecule has 1 fully saturated rings. The number of carbonyl (C=O) groups is 1. The molecule has 0 aromatic carbocycles. The van der Waals surface area contributed by atoms with Gasteiger partial charge in [0.15, 0.2) is 0 Å². The molecule has 0 saturated carbocycles. The fraction of sp³-hybridized carbons (Fsp3) is 0.750. The van der Waals surface area contributed by atoms with Gasteiger partial charge in [-0.15, -0.1) is 11.3 Å². The monoisotopic (exact) mass is 371 g/mol. The Morgan fingerprint density at radius 3 is 2.71 bits per heavy atom. The average molecular weight is 372 g/mol. The number of amides is 1. The second-order valence-electron chi connectivity index (χ2n) is 6.54. The zero-order chi connectivity index (χ0) is 17.0. The van der Waals surface area contributed by atoms with Crippen molar-refractivity contribution >= 4 is 27.8 Å². The molecule has 1 N–H and O–H groups in total. The minimum absolute atomic E-state index is 0.101. The first-order valence-electron chi connectivity index (χ1n) is 8.73. The first kappa shape index (κ1) is 17.8. The predicted octanol–water partition coefficient (Wildman–Crippen LogP) is 1.67. The van der Waals surface area contributed by atoms with E-state index in [2.05, 4.69) is 5.32 Å². The number of piperidine rings is 1. The molecule has 0 bridgehead atoms. The van der Waals surface area contributed by atoms with Gasteiger partial charge in [0.2, 0.25) is 16.4 Å². The van der Waals surface area contributed by atoms with Crippen LogP contribution in [0.3, 0.4) is 0 Å². The van der Waals surface area contributed by atoms with Crippen LogP contribution in [0.25, 0.3) is 0 Å². The number of fused-ring (bicyclic) bond motifs is 1. The third kappa shape index (κ3) is 4.15. The number of sulfonamides is 1. The zero-order valence-electron chi connectivity index (χ0n) is 13.9.